The molecule has 0 spiro atoms. The first-order chi connectivity index (χ1) is 12.7. The van der Waals surface area contributed by atoms with Crippen LogP contribution in [0.2, 0.25) is 0 Å². The summed E-state index contributed by atoms with van der Waals surface area (Å²) in [5, 5.41) is 18.3. The van der Waals surface area contributed by atoms with Crippen LogP contribution in [0.5, 0.6) is 5.75 Å². The molecule has 2 aliphatic rings. The molecule has 0 aliphatic carbocycles. The monoisotopic (exact) mass is 388 g/mol. The summed E-state index contributed by atoms with van der Waals surface area (Å²) in [6.45, 7) is 4.11. The maximum atomic E-state index is 12.0. The Morgan fingerprint density at radius 1 is 1.37 bits per heavy atom. The third-order valence-corrected chi connectivity index (χ3v) is 5.28. The molecule has 8 nitrogen and oxygen atoms in total. The lowest BCUT2D eigenvalue weighted by Crippen LogP contribution is -2.55. The molecule has 142 valence electrons. The summed E-state index contributed by atoms with van der Waals surface area (Å²) in [5.41, 5.74) is 0.114. The molecular weight excluding hydrogens is 368 g/mol. The zero-order chi connectivity index (χ0) is 19.8. The Balaban J connectivity index is 2.20. The van der Waals surface area contributed by atoms with Crippen LogP contribution in [0.1, 0.15) is 43.9 Å². The minimum absolute atomic E-state index is 0.429. The predicted octanol–water partition coefficient (Wildman–Crippen LogP) is 2.09. The van der Waals surface area contributed by atoms with Crippen molar-refractivity contribution >= 4 is 16.0 Å². The van der Waals surface area contributed by atoms with Gasteiger partial charge in [0, 0.05) is 18.5 Å². The van der Waals surface area contributed by atoms with Crippen LogP contribution in [-0.4, -0.2) is 43.7 Å². The molecule has 1 aromatic rings. The lowest BCUT2D eigenvalue weighted by molar-refractivity contribution is -0.0627. The van der Waals surface area contributed by atoms with E-state index in [1.165, 1.54) is 0 Å². The lowest BCUT2D eigenvalue weighted by atomic mass is 9.85. The molecule has 0 amide bonds. The maximum absolute atomic E-state index is 12.0. The zero-order valence-electron chi connectivity index (χ0n) is 15.3. The Morgan fingerprint density at radius 2 is 2.11 bits per heavy atom. The summed E-state index contributed by atoms with van der Waals surface area (Å²) in [7, 11) is -3.78. The van der Waals surface area contributed by atoms with Crippen LogP contribution in [-0.2, 0) is 14.3 Å². The number of ether oxygens (including phenoxy) is 1. The van der Waals surface area contributed by atoms with Crippen molar-refractivity contribution in [1.82, 2.24) is 4.90 Å². The van der Waals surface area contributed by atoms with E-state index in [0.717, 1.165) is 12.7 Å². The summed E-state index contributed by atoms with van der Waals surface area (Å²) in [4.78, 5) is 5.80. The Hall–Kier alpha value is -2.62. The minimum Gasteiger partial charge on any atom is -0.485 e. The van der Waals surface area contributed by atoms with Crippen LogP contribution >= 0.6 is 0 Å². The third-order valence-electron chi connectivity index (χ3n) is 4.73. The van der Waals surface area contributed by atoms with Crippen molar-refractivity contribution in [3.8, 4) is 18.0 Å². The number of aliphatic imine (C=N–C) groups is 1. The van der Waals surface area contributed by atoms with Gasteiger partial charge in [0.1, 0.15) is 23.3 Å². The van der Waals surface area contributed by atoms with Gasteiger partial charge in [-0.1, -0.05) is 0 Å². The van der Waals surface area contributed by atoms with Gasteiger partial charge in [-0.15, -0.1) is 0 Å². The number of amidine groups is 1. The van der Waals surface area contributed by atoms with Crippen molar-refractivity contribution in [2.75, 3.05) is 12.8 Å². The number of nitrogens with zero attached hydrogens (tertiary/aromatic N) is 4. The van der Waals surface area contributed by atoms with Crippen molar-refractivity contribution < 1.29 is 17.3 Å². The maximum Gasteiger partial charge on any atom is 0.264 e. The fourth-order valence-corrected chi connectivity index (χ4v) is 4.39. The highest BCUT2D eigenvalue weighted by molar-refractivity contribution is 7.86. The third kappa shape index (κ3) is 3.75. The molecule has 1 saturated heterocycles. The number of fused-ring (bicyclic) bond motifs is 1. The molecule has 0 bridgehead atoms. The van der Waals surface area contributed by atoms with Gasteiger partial charge in [0.05, 0.1) is 23.9 Å². The van der Waals surface area contributed by atoms with Gasteiger partial charge in [-0.05, 0) is 38.5 Å². The van der Waals surface area contributed by atoms with Crippen LogP contribution in [0.4, 0.5) is 0 Å². The molecule has 2 aliphatic heterocycles. The SMILES string of the molecule is CC1(C)Oc2ccc(C#N)cc2C(N2CCC/C2=N\C#N)C1OS(C)(=O)=O. The van der Waals surface area contributed by atoms with Crippen molar-refractivity contribution in [1.29, 1.82) is 10.5 Å². The molecule has 0 radical (unpaired) electrons. The second-order valence-corrected chi connectivity index (χ2v) is 8.76. The van der Waals surface area contributed by atoms with Crippen LogP contribution in [0.15, 0.2) is 23.2 Å². The van der Waals surface area contributed by atoms with Gasteiger partial charge in [0.25, 0.3) is 10.1 Å². The van der Waals surface area contributed by atoms with Crippen molar-refractivity contribution in [3.63, 3.8) is 0 Å². The molecular formula is C18H20N4O4S. The predicted molar refractivity (Wildman–Crippen MR) is 97.3 cm³/mol. The van der Waals surface area contributed by atoms with E-state index in [9.17, 15) is 13.7 Å². The average molecular weight is 388 g/mol. The normalized spacial score (nSPS) is 25.4. The molecule has 2 atom stereocenters. The van der Waals surface area contributed by atoms with Crippen LogP contribution in [0.25, 0.3) is 0 Å². The number of hydrogen-bond donors (Lipinski definition) is 0. The molecule has 27 heavy (non-hydrogen) atoms. The molecule has 0 aromatic heterocycles. The zero-order valence-corrected chi connectivity index (χ0v) is 16.2. The number of nitriles is 2. The van der Waals surface area contributed by atoms with Crippen LogP contribution in [0.3, 0.4) is 0 Å². The smallest absolute Gasteiger partial charge is 0.264 e. The second-order valence-electron chi connectivity index (χ2n) is 7.16. The summed E-state index contributed by atoms with van der Waals surface area (Å²) in [5.74, 6) is 1.14. The van der Waals surface area contributed by atoms with Gasteiger partial charge in [0.15, 0.2) is 0 Å². The Bertz CT molecular complexity index is 972. The molecule has 2 heterocycles. The van der Waals surface area contributed by atoms with Crippen molar-refractivity contribution in [3.05, 3.63) is 29.3 Å². The minimum atomic E-state index is -3.78. The lowest BCUT2D eigenvalue weighted by Gasteiger charge is -2.47. The van der Waals surface area contributed by atoms with Gasteiger partial charge in [0.2, 0.25) is 6.19 Å². The first-order valence-electron chi connectivity index (χ1n) is 8.50. The largest absolute Gasteiger partial charge is 0.485 e. The number of benzene rings is 1. The van der Waals surface area contributed by atoms with E-state index in [1.54, 1.807) is 32.0 Å². The Kier molecular flexibility index (Phi) is 4.85. The summed E-state index contributed by atoms with van der Waals surface area (Å²) >= 11 is 0. The molecule has 9 heteroatoms. The number of hydrogen-bond acceptors (Lipinski definition) is 7. The Morgan fingerprint density at radius 3 is 2.74 bits per heavy atom. The molecule has 0 N–H and O–H groups in total. The summed E-state index contributed by atoms with van der Waals surface area (Å²) < 4.78 is 35.4. The van der Waals surface area contributed by atoms with Gasteiger partial charge >= 0.3 is 0 Å². The summed E-state index contributed by atoms with van der Waals surface area (Å²) in [6.07, 6.45) is 3.33. The van der Waals surface area contributed by atoms with Crippen LogP contribution < -0.4 is 4.74 Å². The highest BCUT2D eigenvalue weighted by atomic mass is 32.2. The van der Waals surface area contributed by atoms with E-state index in [0.29, 0.717) is 35.7 Å². The summed E-state index contributed by atoms with van der Waals surface area (Å²) in [6, 6.07) is 6.57. The molecule has 2 unspecified atom stereocenters. The number of likely N-dealkylation sites (tertiary alicyclic amines) is 1. The Labute approximate surface area is 158 Å². The van der Waals surface area contributed by atoms with Crippen molar-refractivity contribution in [2.24, 2.45) is 4.99 Å². The van der Waals surface area contributed by atoms with Gasteiger partial charge in [-0.3, -0.25) is 4.18 Å². The molecule has 1 aromatic carbocycles. The first-order valence-corrected chi connectivity index (χ1v) is 10.3. The highest BCUT2D eigenvalue weighted by Gasteiger charge is 2.50. The van der Waals surface area contributed by atoms with E-state index in [2.05, 4.69) is 11.1 Å². The fourth-order valence-electron chi connectivity index (χ4n) is 3.67. The molecule has 0 saturated carbocycles. The van der Waals surface area contributed by atoms with E-state index in [4.69, 9.17) is 14.2 Å². The van der Waals surface area contributed by atoms with Gasteiger partial charge < -0.3 is 9.64 Å². The quantitative estimate of drug-likeness (QED) is 0.575. The first kappa shape index (κ1) is 19.2. The van der Waals surface area contributed by atoms with E-state index in [1.807, 2.05) is 11.1 Å². The standard InChI is InChI=1S/C18H20N4O4S/c1-18(2)17(26-27(3,23)24)16(22-8-4-5-15(22)21-11-20)13-9-12(10-19)6-7-14(13)25-18/h6-7,9,16-17H,4-5,8H2,1-3H3/b21-15+. The fraction of sp³-hybridized carbons (Fsp3) is 0.500. The van der Waals surface area contributed by atoms with E-state index < -0.39 is 27.9 Å². The topological polar surface area (TPSA) is 116 Å². The van der Waals surface area contributed by atoms with E-state index in [-0.39, 0.29) is 0 Å². The highest BCUT2D eigenvalue weighted by Crippen LogP contribution is 2.46. The van der Waals surface area contributed by atoms with Gasteiger partial charge in [-0.25, -0.2) is 0 Å². The van der Waals surface area contributed by atoms with Gasteiger partial charge in [-0.2, -0.15) is 23.9 Å². The van der Waals surface area contributed by atoms with Crippen molar-refractivity contribution in [2.45, 2.75) is 44.4 Å². The van der Waals surface area contributed by atoms with Crippen LogP contribution in [0, 0.1) is 22.8 Å². The average Bonchev–Trinajstić information content (AvgIpc) is 3.02. The molecule has 3 rings (SSSR count). The second kappa shape index (κ2) is 6.84. The number of rotatable bonds is 3. The molecule has 1 fully saturated rings. The van der Waals surface area contributed by atoms with E-state index >= 15 is 0 Å².